The topological polar surface area (TPSA) is 77.6 Å². The zero-order chi connectivity index (χ0) is 23.6. The summed E-state index contributed by atoms with van der Waals surface area (Å²) in [7, 11) is 0. The van der Waals surface area contributed by atoms with E-state index in [4.69, 9.17) is 0 Å². The first-order chi connectivity index (χ1) is 15.7. The molecule has 4 rings (SSSR count). The van der Waals surface area contributed by atoms with Gasteiger partial charge in [-0.2, -0.15) is 5.10 Å². The Bertz CT molecular complexity index is 1280. The highest BCUT2D eigenvalue weighted by molar-refractivity contribution is 7.99. The summed E-state index contributed by atoms with van der Waals surface area (Å²) in [6.07, 6.45) is 0. The Kier molecular flexibility index (Phi) is 6.33. The molecule has 0 bridgehead atoms. The summed E-state index contributed by atoms with van der Waals surface area (Å²) in [5.41, 5.74) is 1.68. The number of hydrogen-bond acceptors (Lipinski definition) is 5. The first-order valence-corrected chi connectivity index (χ1v) is 11.5. The molecular weight excluding hydrogens is 439 g/mol. The van der Waals surface area contributed by atoms with E-state index < -0.39 is 0 Å². The second-order valence-corrected chi connectivity index (χ2v) is 9.49. The van der Waals surface area contributed by atoms with Crippen molar-refractivity contribution in [1.29, 1.82) is 0 Å². The second kappa shape index (κ2) is 9.19. The maximum atomic E-state index is 14.5. The first-order valence-electron chi connectivity index (χ1n) is 10.5. The smallest absolute Gasteiger partial charge is 0.235 e. The van der Waals surface area contributed by atoms with Gasteiger partial charge in [-0.3, -0.25) is 9.36 Å². The van der Waals surface area contributed by atoms with Crippen molar-refractivity contribution in [3.8, 4) is 17.1 Å². The van der Waals surface area contributed by atoms with Crippen LogP contribution in [0.25, 0.3) is 17.1 Å². The molecule has 0 spiro atoms. The van der Waals surface area contributed by atoms with Crippen molar-refractivity contribution in [2.75, 3.05) is 11.1 Å². The number of anilines is 1. The van der Waals surface area contributed by atoms with Crippen LogP contribution in [0.1, 0.15) is 26.5 Å². The number of benzene rings is 2. The minimum Gasteiger partial charge on any atom is -0.310 e. The van der Waals surface area contributed by atoms with E-state index in [1.807, 2.05) is 64.1 Å². The van der Waals surface area contributed by atoms with Gasteiger partial charge in [-0.1, -0.05) is 42.1 Å². The molecule has 0 aliphatic heterocycles. The molecule has 33 heavy (non-hydrogen) atoms. The maximum Gasteiger partial charge on any atom is 0.235 e. The van der Waals surface area contributed by atoms with E-state index in [0.29, 0.717) is 22.4 Å². The predicted octanol–water partition coefficient (Wildman–Crippen LogP) is 5.06. The summed E-state index contributed by atoms with van der Waals surface area (Å²) in [4.78, 5) is 12.8. The Hall–Kier alpha value is -3.46. The van der Waals surface area contributed by atoms with Crippen LogP contribution in [0.2, 0.25) is 0 Å². The normalized spacial score (nSPS) is 11.5. The van der Waals surface area contributed by atoms with Crippen LogP contribution >= 0.6 is 11.8 Å². The molecule has 7 nitrogen and oxygen atoms in total. The lowest BCUT2D eigenvalue weighted by Crippen LogP contribution is -2.27. The van der Waals surface area contributed by atoms with Gasteiger partial charge in [0.15, 0.2) is 11.0 Å². The molecule has 2 heterocycles. The Balaban J connectivity index is 1.59. The number of rotatable bonds is 6. The molecule has 0 unspecified atom stereocenters. The summed E-state index contributed by atoms with van der Waals surface area (Å²) in [6, 6.07) is 17.7. The molecule has 0 aliphatic carbocycles. The number of carbonyl (C=O) groups is 1. The second-order valence-electron chi connectivity index (χ2n) is 8.55. The highest BCUT2D eigenvalue weighted by Crippen LogP contribution is 2.29. The van der Waals surface area contributed by atoms with E-state index in [0.717, 1.165) is 11.4 Å². The summed E-state index contributed by atoms with van der Waals surface area (Å²) in [5.74, 6) is 0.546. The zero-order valence-electron chi connectivity index (χ0n) is 18.9. The number of halogens is 1. The number of carbonyl (C=O) groups excluding carboxylic acids is 1. The van der Waals surface area contributed by atoms with Crippen molar-refractivity contribution in [1.82, 2.24) is 24.5 Å². The SMILES string of the molecule is Cc1cc(NC(=O)CSc2nnc(-c3ccccc3F)n2-c2ccccc2)n(C(C)(C)C)n1. The molecule has 0 atom stereocenters. The van der Waals surface area contributed by atoms with Crippen molar-refractivity contribution >= 4 is 23.5 Å². The standard InChI is InChI=1S/C24H25FN6OS/c1-16-14-20(31(29-16)24(2,3)4)26-21(32)15-33-23-28-27-22(18-12-8-9-13-19(18)25)30(23)17-10-6-5-7-11-17/h5-14H,15H2,1-4H3,(H,26,32). The number of aromatic nitrogens is 5. The molecule has 0 fully saturated rings. The van der Waals surface area contributed by atoms with Crippen molar-refractivity contribution in [3.63, 3.8) is 0 Å². The van der Waals surface area contributed by atoms with E-state index in [2.05, 4.69) is 20.6 Å². The average Bonchev–Trinajstić information content (AvgIpc) is 3.36. The Morgan fingerprint density at radius 2 is 1.76 bits per heavy atom. The highest BCUT2D eigenvalue weighted by atomic mass is 32.2. The highest BCUT2D eigenvalue weighted by Gasteiger charge is 2.22. The van der Waals surface area contributed by atoms with Gasteiger partial charge in [0, 0.05) is 11.8 Å². The van der Waals surface area contributed by atoms with Crippen LogP contribution in [-0.2, 0) is 10.3 Å². The van der Waals surface area contributed by atoms with Crippen LogP contribution in [0.3, 0.4) is 0 Å². The van der Waals surface area contributed by atoms with Crippen LogP contribution in [0.5, 0.6) is 0 Å². The van der Waals surface area contributed by atoms with E-state index in [1.165, 1.54) is 17.8 Å². The molecule has 9 heteroatoms. The zero-order valence-corrected chi connectivity index (χ0v) is 19.7. The average molecular weight is 465 g/mol. The molecule has 1 amide bonds. The molecule has 170 valence electrons. The molecule has 0 aliphatic rings. The van der Waals surface area contributed by atoms with E-state index in [9.17, 15) is 9.18 Å². The van der Waals surface area contributed by atoms with Gasteiger partial charge in [0.25, 0.3) is 0 Å². The number of thioether (sulfide) groups is 1. The summed E-state index contributed by atoms with van der Waals surface area (Å²) in [5, 5.41) is 16.4. The van der Waals surface area contributed by atoms with Gasteiger partial charge in [-0.25, -0.2) is 9.07 Å². The molecule has 0 radical (unpaired) electrons. The number of nitrogens with zero attached hydrogens (tertiary/aromatic N) is 5. The molecule has 0 saturated carbocycles. The fraction of sp³-hybridized carbons (Fsp3) is 0.250. The summed E-state index contributed by atoms with van der Waals surface area (Å²) in [6.45, 7) is 7.96. The molecule has 2 aromatic heterocycles. The molecule has 2 aromatic carbocycles. The lowest BCUT2D eigenvalue weighted by atomic mass is 10.1. The Labute approximate surface area is 196 Å². The first kappa shape index (κ1) is 22.7. The Morgan fingerprint density at radius 3 is 2.45 bits per heavy atom. The molecule has 4 aromatic rings. The van der Waals surface area contributed by atoms with Gasteiger partial charge in [0.1, 0.15) is 11.6 Å². The Morgan fingerprint density at radius 1 is 1.06 bits per heavy atom. The predicted molar refractivity (Wildman–Crippen MR) is 128 cm³/mol. The number of hydrogen-bond donors (Lipinski definition) is 1. The van der Waals surface area contributed by atoms with Crippen molar-refractivity contribution in [3.05, 3.63) is 72.2 Å². The fourth-order valence-corrected chi connectivity index (χ4v) is 4.15. The molecule has 1 N–H and O–H groups in total. The van der Waals surface area contributed by atoms with Crippen LogP contribution in [0.4, 0.5) is 10.2 Å². The molecular formula is C24H25FN6OS. The van der Waals surface area contributed by atoms with Crippen LogP contribution in [-0.4, -0.2) is 36.2 Å². The third-order valence-corrected chi connectivity index (χ3v) is 5.76. The van der Waals surface area contributed by atoms with Gasteiger partial charge in [0.05, 0.1) is 22.5 Å². The summed E-state index contributed by atoms with van der Waals surface area (Å²) >= 11 is 1.24. The van der Waals surface area contributed by atoms with Gasteiger partial charge < -0.3 is 5.32 Å². The van der Waals surface area contributed by atoms with Crippen LogP contribution in [0, 0.1) is 12.7 Å². The van der Waals surface area contributed by atoms with Gasteiger partial charge in [-0.05, 0) is 52.0 Å². The largest absolute Gasteiger partial charge is 0.310 e. The van der Waals surface area contributed by atoms with E-state index >= 15 is 0 Å². The van der Waals surface area contributed by atoms with Crippen LogP contribution < -0.4 is 5.32 Å². The third-order valence-electron chi connectivity index (χ3n) is 4.83. The third kappa shape index (κ3) is 4.98. The lowest BCUT2D eigenvalue weighted by Gasteiger charge is -2.22. The number of nitrogens with one attached hydrogen (secondary N) is 1. The minimum absolute atomic E-state index is 0.108. The monoisotopic (exact) mass is 464 g/mol. The lowest BCUT2D eigenvalue weighted by molar-refractivity contribution is -0.113. The van der Waals surface area contributed by atoms with Gasteiger partial charge in [-0.15, -0.1) is 10.2 Å². The van der Waals surface area contributed by atoms with Crippen molar-refractivity contribution in [2.24, 2.45) is 0 Å². The van der Waals surface area contributed by atoms with Gasteiger partial charge >= 0.3 is 0 Å². The van der Waals surface area contributed by atoms with E-state index in [1.54, 1.807) is 27.4 Å². The van der Waals surface area contributed by atoms with Crippen molar-refractivity contribution in [2.45, 2.75) is 38.4 Å². The van der Waals surface area contributed by atoms with Crippen molar-refractivity contribution < 1.29 is 9.18 Å². The minimum atomic E-state index is -0.387. The summed E-state index contributed by atoms with van der Waals surface area (Å²) < 4.78 is 18.1. The number of aryl methyl sites for hydroxylation is 1. The van der Waals surface area contributed by atoms with Crippen LogP contribution in [0.15, 0.2) is 65.8 Å². The van der Waals surface area contributed by atoms with Gasteiger partial charge in [0.2, 0.25) is 5.91 Å². The number of amides is 1. The maximum absolute atomic E-state index is 14.5. The molecule has 0 saturated heterocycles. The number of para-hydroxylation sites is 1. The fourth-order valence-electron chi connectivity index (χ4n) is 3.40. The quantitative estimate of drug-likeness (QED) is 0.404. The van der Waals surface area contributed by atoms with E-state index in [-0.39, 0.29) is 23.0 Å².